The van der Waals surface area contributed by atoms with E-state index in [-0.39, 0.29) is 12.0 Å². The molecule has 1 saturated heterocycles. The van der Waals surface area contributed by atoms with Gasteiger partial charge in [-0.15, -0.1) is 0 Å². The molecule has 2 heterocycles. The number of hydrogen-bond donors (Lipinski definition) is 1. The summed E-state index contributed by atoms with van der Waals surface area (Å²) in [7, 11) is 0. The number of aromatic nitrogens is 1. The summed E-state index contributed by atoms with van der Waals surface area (Å²) in [5.74, 6) is -0.133. The maximum Gasteiger partial charge on any atom is 0.269 e. The molecule has 1 aromatic heterocycles. The van der Waals surface area contributed by atoms with E-state index in [9.17, 15) is 4.79 Å². The van der Waals surface area contributed by atoms with Crippen molar-refractivity contribution in [2.75, 3.05) is 13.2 Å². The molecule has 0 spiro atoms. The summed E-state index contributed by atoms with van der Waals surface area (Å²) in [6, 6.07) is 5.29. The van der Waals surface area contributed by atoms with Gasteiger partial charge in [0, 0.05) is 19.3 Å². The Hall–Kier alpha value is -1.42. The summed E-state index contributed by atoms with van der Waals surface area (Å²) in [6.45, 7) is 1.39. The second kappa shape index (κ2) is 4.89. The topological polar surface area (TPSA) is 51.2 Å². The lowest BCUT2D eigenvalue weighted by molar-refractivity contribution is 0.0853. The molecule has 2 rings (SSSR count). The van der Waals surface area contributed by atoms with E-state index in [0.717, 1.165) is 19.4 Å². The predicted octanol–water partition coefficient (Wildman–Crippen LogP) is 0.990. The lowest BCUT2D eigenvalue weighted by Crippen LogP contribution is -2.32. The first-order valence-corrected chi connectivity index (χ1v) is 5.17. The highest BCUT2D eigenvalue weighted by Crippen LogP contribution is 2.10. The summed E-state index contributed by atoms with van der Waals surface area (Å²) in [6.07, 6.45) is 3.91. The maximum atomic E-state index is 11.6. The van der Waals surface area contributed by atoms with Crippen molar-refractivity contribution >= 4 is 5.91 Å². The molecule has 80 valence electrons. The fourth-order valence-corrected chi connectivity index (χ4v) is 1.60. The molecule has 4 heteroatoms. The van der Waals surface area contributed by atoms with Gasteiger partial charge in [-0.3, -0.25) is 9.78 Å². The zero-order valence-electron chi connectivity index (χ0n) is 8.48. The summed E-state index contributed by atoms with van der Waals surface area (Å²) in [4.78, 5) is 15.5. The zero-order valence-corrected chi connectivity index (χ0v) is 8.48. The molecule has 1 aliphatic heterocycles. The molecule has 4 nitrogen and oxygen atoms in total. The summed E-state index contributed by atoms with van der Waals surface area (Å²) in [5.41, 5.74) is 0.454. The number of amides is 1. The first-order chi connectivity index (χ1) is 7.36. The molecular weight excluding hydrogens is 192 g/mol. The van der Waals surface area contributed by atoms with Gasteiger partial charge >= 0.3 is 0 Å². The van der Waals surface area contributed by atoms with Crippen molar-refractivity contribution in [2.45, 2.75) is 18.9 Å². The number of carbonyl (C=O) groups is 1. The molecular formula is C11H14N2O2. The largest absolute Gasteiger partial charge is 0.376 e. The van der Waals surface area contributed by atoms with Gasteiger partial charge in [0.25, 0.3) is 5.91 Å². The molecule has 1 fully saturated rings. The van der Waals surface area contributed by atoms with Crippen molar-refractivity contribution in [1.82, 2.24) is 10.3 Å². The van der Waals surface area contributed by atoms with Crippen LogP contribution in [0.5, 0.6) is 0 Å². The van der Waals surface area contributed by atoms with E-state index in [4.69, 9.17) is 4.74 Å². The smallest absolute Gasteiger partial charge is 0.269 e. The van der Waals surface area contributed by atoms with Crippen LogP contribution in [0.2, 0.25) is 0 Å². The first-order valence-electron chi connectivity index (χ1n) is 5.17. The van der Waals surface area contributed by atoms with Crippen LogP contribution in [-0.2, 0) is 4.74 Å². The monoisotopic (exact) mass is 206 g/mol. The van der Waals surface area contributed by atoms with Crippen LogP contribution in [0.15, 0.2) is 24.4 Å². The third-order valence-electron chi connectivity index (χ3n) is 2.41. The molecule has 0 saturated carbocycles. The Labute approximate surface area is 88.7 Å². The number of nitrogens with zero attached hydrogens (tertiary/aromatic N) is 1. The van der Waals surface area contributed by atoms with E-state index in [1.54, 1.807) is 24.4 Å². The lowest BCUT2D eigenvalue weighted by Gasteiger charge is -2.09. The molecule has 15 heavy (non-hydrogen) atoms. The van der Waals surface area contributed by atoms with E-state index in [2.05, 4.69) is 10.3 Å². The highest BCUT2D eigenvalue weighted by Gasteiger charge is 2.16. The Morgan fingerprint density at radius 2 is 2.53 bits per heavy atom. The van der Waals surface area contributed by atoms with Crippen molar-refractivity contribution < 1.29 is 9.53 Å². The van der Waals surface area contributed by atoms with Crippen molar-refractivity contribution in [3.05, 3.63) is 30.1 Å². The van der Waals surface area contributed by atoms with Gasteiger partial charge in [-0.2, -0.15) is 0 Å². The van der Waals surface area contributed by atoms with Crippen LogP contribution in [0.4, 0.5) is 0 Å². The summed E-state index contributed by atoms with van der Waals surface area (Å²) in [5, 5.41) is 2.81. The van der Waals surface area contributed by atoms with Crippen molar-refractivity contribution in [3.8, 4) is 0 Å². The van der Waals surface area contributed by atoms with E-state index in [0.29, 0.717) is 12.2 Å². The van der Waals surface area contributed by atoms with Gasteiger partial charge in [0.05, 0.1) is 6.10 Å². The van der Waals surface area contributed by atoms with Gasteiger partial charge in [-0.05, 0) is 25.0 Å². The highest BCUT2D eigenvalue weighted by atomic mass is 16.5. The third kappa shape index (κ3) is 2.76. The van der Waals surface area contributed by atoms with Gasteiger partial charge in [0.1, 0.15) is 5.69 Å². The Bertz CT molecular complexity index is 321. The molecule has 1 N–H and O–H groups in total. The number of carbonyl (C=O) groups excluding carboxylic acids is 1. The molecule has 1 atom stereocenters. The van der Waals surface area contributed by atoms with Gasteiger partial charge in [0.15, 0.2) is 0 Å². The predicted molar refractivity (Wildman–Crippen MR) is 55.5 cm³/mol. The first kappa shape index (κ1) is 10.1. The van der Waals surface area contributed by atoms with E-state index >= 15 is 0 Å². The second-order valence-electron chi connectivity index (χ2n) is 3.56. The molecule has 1 amide bonds. The van der Waals surface area contributed by atoms with Crippen molar-refractivity contribution in [1.29, 1.82) is 0 Å². The Morgan fingerprint density at radius 1 is 1.60 bits per heavy atom. The van der Waals surface area contributed by atoms with Crippen LogP contribution in [0, 0.1) is 0 Å². The number of nitrogens with one attached hydrogen (secondary N) is 1. The lowest BCUT2D eigenvalue weighted by atomic mass is 10.2. The van der Waals surface area contributed by atoms with Crippen molar-refractivity contribution in [2.24, 2.45) is 0 Å². The Balaban J connectivity index is 1.82. The number of pyridine rings is 1. The minimum atomic E-state index is -0.133. The standard InChI is InChI=1S/C11H14N2O2/c14-11(10-5-1-2-6-12-10)13-8-9-4-3-7-15-9/h1-2,5-6,9H,3-4,7-8H2,(H,13,14)/t9-/m0/s1. The minimum absolute atomic E-state index is 0.133. The fraction of sp³-hybridized carbons (Fsp3) is 0.455. The fourth-order valence-electron chi connectivity index (χ4n) is 1.60. The molecule has 0 radical (unpaired) electrons. The number of rotatable bonds is 3. The van der Waals surface area contributed by atoms with E-state index < -0.39 is 0 Å². The minimum Gasteiger partial charge on any atom is -0.376 e. The normalized spacial score (nSPS) is 20.1. The van der Waals surface area contributed by atoms with Crippen LogP contribution in [-0.4, -0.2) is 30.1 Å². The summed E-state index contributed by atoms with van der Waals surface area (Å²) >= 11 is 0. The third-order valence-corrected chi connectivity index (χ3v) is 2.41. The maximum absolute atomic E-state index is 11.6. The molecule has 0 bridgehead atoms. The van der Waals surface area contributed by atoms with Gasteiger partial charge < -0.3 is 10.1 Å². The average Bonchev–Trinajstić information content (AvgIpc) is 2.80. The molecule has 0 aromatic carbocycles. The SMILES string of the molecule is O=C(NC[C@@H]1CCCO1)c1ccccn1. The number of ether oxygens (including phenoxy) is 1. The highest BCUT2D eigenvalue weighted by molar-refractivity contribution is 5.92. The molecule has 1 aromatic rings. The molecule has 1 aliphatic rings. The van der Waals surface area contributed by atoms with E-state index in [1.165, 1.54) is 0 Å². The quantitative estimate of drug-likeness (QED) is 0.802. The van der Waals surface area contributed by atoms with Gasteiger partial charge in [-0.25, -0.2) is 0 Å². The Morgan fingerprint density at radius 3 is 3.20 bits per heavy atom. The van der Waals surface area contributed by atoms with Crippen LogP contribution in [0.3, 0.4) is 0 Å². The van der Waals surface area contributed by atoms with Gasteiger partial charge in [0.2, 0.25) is 0 Å². The Kier molecular flexibility index (Phi) is 3.29. The van der Waals surface area contributed by atoms with E-state index in [1.807, 2.05) is 0 Å². The second-order valence-corrected chi connectivity index (χ2v) is 3.56. The summed E-state index contributed by atoms with van der Waals surface area (Å²) < 4.78 is 5.40. The van der Waals surface area contributed by atoms with Crippen LogP contribution < -0.4 is 5.32 Å². The van der Waals surface area contributed by atoms with Gasteiger partial charge in [-0.1, -0.05) is 6.07 Å². The average molecular weight is 206 g/mol. The van der Waals surface area contributed by atoms with Crippen molar-refractivity contribution in [3.63, 3.8) is 0 Å². The molecule has 0 unspecified atom stereocenters. The van der Waals surface area contributed by atoms with Crippen LogP contribution in [0.25, 0.3) is 0 Å². The van der Waals surface area contributed by atoms with Crippen LogP contribution in [0.1, 0.15) is 23.3 Å². The van der Waals surface area contributed by atoms with Crippen LogP contribution >= 0.6 is 0 Å². The molecule has 0 aliphatic carbocycles. The zero-order chi connectivity index (χ0) is 10.5. The number of hydrogen-bond acceptors (Lipinski definition) is 3.